The fourth-order valence-electron chi connectivity index (χ4n) is 2.46. The van der Waals surface area contributed by atoms with Crippen LogP contribution >= 0.6 is 23.2 Å². The Balaban J connectivity index is 2.13. The molecule has 112 valence electrons. The first-order valence-corrected chi connectivity index (χ1v) is 7.36. The summed E-state index contributed by atoms with van der Waals surface area (Å²) in [4.78, 5) is 15.7. The largest absolute Gasteiger partial charge is 0.478 e. The molecule has 0 aliphatic heterocycles. The van der Waals surface area contributed by atoms with Crippen molar-refractivity contribution in [1.29, 1.82) is 0 Å². The maximum Gasteiger partial charge on any atom is 0.337 e. The van der Waals surface area contributed by atoms with Gasteiger partial charge in [0.15, 0.2) is 0 Å². The minimum atomic E-state index is -0.986. The Morgan fingerprint density at radius 1 is 1.27 bits per heavy atom. The summed E-state index contributed by atoms with van der Waals surface area (Å²) in [5.74, 6) is -0.255. The SMILES string of the molecule is Cc1nc2c(C(=O)O)cccc2n1Cc1ccc(Cl)cc1Cl. The summed E-state index contributed by atoms with van der Waals surface area (Å²) < 4.78 is 1.94. The average Bonchev–Trinajstić information content (AvgIpc) is 2.77. The van der Waals surface area contributed by atoms with Crippen molar-refractivity contribution >= 4 is 40.2 Å². The molecule has 0 aliphatic carbocycles. The van der Waals surface area contributed by atoms with Crippen LogP contribution in [0.2, 0.25) is 10.0 Å². The predicted molar refractivity (Wildman–Crippen MR) is 87.0 cm³/mol. The van der Waals surface area contributed by atoms with E-state index < -0.39 is 5.97 Å². The summed E-state index contributed by atoms with van der Waals surface area (Å²) in [6.07, 6.45) is 0. The van der Waals surface area contributed by atoms with Crippen LogP contribution in [0.1, 0.15) is 21.7 Å². The summed E-state index contributed by atoms with van der Waals surface area (Å²) in [6, 6.07) is 10.4. The van der Waals surface area contributed by atoms with Crippen LogP contribution in [0, 0.1) is 6.92 Å². The first-order valence-electron chi connectivity index (χ1n) is 6.60. The van der Waals surface area contributed by atoms with Gasteiger partial charge in [0.2, 0.25) is 0 Å². The van der Waals surface area contributed by atoms with Crippen LogP contribution in [0.25, 0.3) is 11.0 Å². The van der Waals surface area contributed by atoms with Gasteiger partial charge in [-0.3, -0.25) is 0 Å². The Hall–Kier alpha value is -2.04. The highest BCUT2D eigenvalue weighted by molar-refractivity contribution is 6.35. The lowest BCUT2D eigenvalue weighted by molar-refractivity contribution is 0.0699. The van der Waals surface area contributed by atoms with E-state index in [4.69, 9.17) is 23.2 Å². The molecule has 3 aromatic rings. The molecule has 1 heterocycles. The third-order valence-electron chi connectivity index (χ3n) is 3.54. The number of aromatic carboxylic acids is 1. The third-order valence-corrected chi connectivity index (χ3v) is 4.13. The molecule has 0 saturated heterocycles. The molecule has 0 saturated carbocycles. The second-order valence-electron chi connectivity index (χ2n) is 4.96. The van der Waals surface area contributed by atoms with E-state index >= 15 is 0 Å². The lowest BCUT2D eigenvalue weighted by Gasteiger charge is -2.09. The van der Waals surface area contributed by atoms with Crippen molar-refractivity contribution in [3.63, 3.8) is 0 Å². The fourth-order valence-corrected chi connectivity index (χ4v) is 2.92. The second kappa shape index (κ2) is 5.63. The molecule has 0 bridgehead atoms. The van der Waals surface area contributed by atoms with E-state index in [2.05, 4.69) is 4.98 Å². The van der Waals surface area contributed by atoms with E-state index in [-0.39, 0.29) is 5.56 Å². The Kier molecular flexibility index (Phi) is 3.81. The smallest absolute Gasteiger partial charge is 0.337 e. The molecule has 0 amide bonds. The van der Waals surface area contributed by atoms with E-state index in [1.807, 2.05) is 23.6 Å². The van der Waals surface area contributed by atoms with Crippen LogP contribution < -0.4 is 0 Å². The second-order valence-corrected chi connectivity index (χ2v) is 5.80. The van der Waals surface area contributed by atoms with E-state index in [0.29, 0.717) is 22.1 Å². The van der Waals surface area contributed by atoms with Crippen LogP contribution in [-0.4, -0.2) is 20.6 Å². The van der Waals surface area contributed by atoms with Crippen molar-refractivity contribution in [3.8, 4) is 0 Å². The van der Waals surface area contributed by atoms with Gasteiger partial charge in [-0.15, -0.1) is 0 Å². The molecule has 1 aromatic heterocycles. The quantitative estimate of drug-likeness (QED) is 0.772. The number of aryl methyl sites for hydroxylation is 1. The third kappa shape index (κ3) is 2.56. The number of hydrogen-bond donors (Lipinski definition) is 1. The van der Waals surface area contributed by atoms with E-state index in [0.717, 1.165) is 16.9 Å². The average molecular weight is 335 g/mol. The number of carboxylic acid groups (broad SMARTS) is 1. The van der Waals surface area contributed by atoms with Gasteiger partial charge >= 0.3 is 5.97 Å². The standard InChI is InChI=1S/C16H12Cl2N2O2/c1-9-19-15-12(16(21)22)3-2-4-14(15)20(9)8-10-5-6-11(17)7-13(10)18/h2-7H,8H2,1H3,(H,21,22). The first-order chi connectivity index (χ1) is 10.5. The molecule has 6 heteroatoms. The highest BCUT2D eigenvalue weighted by Crippen LogP contribution is 2.25. The van der Waals surface area contributed by atoms with Crippen LogP contribution in [0.4, 0.5) is 0 Å². The molecule has 2 aromatic carbocycles. The van der Waals surface area contributed by atoms with Gasteiger partial charge in [0, 0.05) is 10.0 Å². The molecular weight excluding hydrogens is 323 g/mol. The van der Waals surface area contributed by atoms with Crippen LogP contribution in [0.3, 0.4) is 0 Å². The molecule has 22 heavy (non-hydrogen) atoms. The van der Waals surface area contributed by atoms with Crippen molar-refractivity contribution in [1.82, 2.24) is 9.55 Å². The van der Waals surface area contributed by atoms with Crippen LogP contribution in [0.5, 0.6) is 0 Å². The van der Waals surface area contributed by atoms with Crippen molar-refractivity contribution in [2.45, 2.75) is 13.5 Å². The zero-order valence-electron chi connectivity index (χ0n) is 11.7. The maximum absolute atomic E-state index is 11.3. The normalized spacial score (nSPS) is 11.0. The number of fused-ring (bicyclic) bond motifs is 1. The van der Waals surface area contributed by atoms with Gasteiger partial charge in [-0.05, 0) is 36.8 Å². The minimum Gasteiger partial charge on any atom is -0.478 e. The topological polar surface area (TPSA) is 55.1 Å². The molecule has 3 rings (SSSR count). The lowest BCUT2D eigenvalue weighted by atomic mass is 10.1. The highest BCUT2D eigenvalue weighted by Gasteiger charge is 2.15. The number of para-hydroxylation sites is 1. The number of hydrogen-bond acceptors (Lipinski definition) is 2. The number of halogens is 2. The Labute approximate surface area is 136 Å². The van der Waals surface area contributed by atoms with Crippen molar-refractivity contribution in [3.05, 3.63) is 63.4 Å². The number of nitrogens with zero attached hydrogens (tertiary/aromatic N) is 2. The van der Waals surface area contributed by atoms with Gasteiger partial charge in [0.05, 0.1) is 17.6 Å². The lowest BCUT2D eigenvalue weighted by Crippen LogP contribution is -2.03. The number of imidazole rings is 1. The van der Waals surface area contributed by atoms with Gasteiger partial charge in [0.1, 0.15) is 11.3 Å². The molecule has 0 unspecified atom stereocenters. The Morgan fingerprint density at radius 3 is 2.73 bits per heavy atom. The number of rotatable bonds is 3. The van der Waals surface area contributed by atoms with E-state index in [1.165, 1.54) is 0 Å². The van der Waals surface area contributed by atoms with Crippen molar-refractivity contribution < 1.29 is 9.90 Å². The monoisotopic (exact) mass is 334 g/mol. The van der Waals surface area contributed by atoms with Crippen molar-refractivity contribution in [2.75, 3.05) is 0 Å². The number of carboxylic acids is 1. The Bertz CT molecular complexity index is 887. The van der Waals surface area contributed by atoms with Gasteiger partial charge in [0.25, 0.3) is 0 Å². The number of benzene rings is 2. The Morgan fingerprint density at radius 2 is 2.05 bits per heavy atom. The maximum atomic E-state index is 11.3. The fraction of sp³-hybridized carbons (Fsp3) is 0.125. The zero-order chi connectivity index (χ0) is 15.9. The molecule has 4 nitrogen and oxygen atoms in total. The molecule has 0 spiro atoms. The summed E-state index contributed by atoms with van der Waals surface area (Å²) in [7, 11) is 0. The molecule has 0 aliphatic rings. The zero-order valence-corrected chi connectivity index (χ0v) is 13.2. The highest BCUT2D eigenvalue weighted by atomic mass is 35.5. The summed E-state index contributed by atoms with van der Waals surface area (Å²) in [6.45, 7) is 2.34. The summed E-state index contributed by atoms with van der Waals surface area (Å²) in [5.41, 5.74) is 2.34. The summed E-state index contributed by atoms with van der Waals surface area (Å²) >= 11 is 12.1. The first kappa shape index (κ1) is 14.9. The molecule has 0 radical (unpaired) electrons. The molecule has 0 atom stereocenters. The van der Waals surface area contributed by atoms with Crippen molar-refractivity contribution in [2.24, 2.45) is 0 Å². The van der Waals surface area contributed by atoms with E-state index in [9.17, 15) is 9.90 Å². The minimum absolute atomic E-state index is 0.196. The predicted octanol–water partition coefficient (Wildman–Crippen LogP) is 4.40. The van der Waals surface area contributed by atoms with Crippen LogP contribution in [0.15, 0.2) is 36.4 Å². The number of aromatic nitrogens is 2. The van der Waals surface area contributed by atoms with Gasteiger partial charge in [-0.2, -0.15) is 0 Å². The molecule has 0 fully saturated rings. The van der Waals surface area contributed by atoms with Gasteiger partial charge in [-0.1, -0.05) is 35.3 Å². The molecule has 1 N–H and O–H groups in total. The molecular formula is C16H12Cl2N2O2. The van der Waals surface area contributed by atoms with Gasteiger partial charge < -0.3 is 9.67 Å². The number of carbonyl (C=O) groups is 1. The van der Waals surface area contributed by atoms with Gasteiger partial charge in [-0.25, -0.2) is 9.78 Å². The summed E-state index contributed by atoms with van der Waals surface area (Å²) in [5, 5.41) is 10.4. The van der Waals surface area contributed by atoms with Crippen LogP contribution in [-0.2, 0) is 6.54 Å². The van der Waals surface area contributed by atoms with E-state index in [1.54, 1.807) is 24.3 Å².